The van der Waals surface area contributed by atoms with Gasteiger partial charge < -0.3 is 14.7 Å². The highest BCUT2D eigenvalue weighted by Gasteiger charge is 2.21. The number of aryl methyl sites for hydroxylation is 1. The van der Waals surface area contributed by atoms with E-state index in [0.717, 1.165) is 49.0 Å². The first kappa shape index (κ1) is 14.0. The summed E-state index contributed by atoms with van der Waals surface area (Å²) >= 11 is 0. The molecule has 1 aromatic carbocycles. The number of nitrogens with zero attached hydrogens (tertiary/aromatic N) is 1. The highest BCUT2D eigenvalue weighted by atomic mass is 16.5. The number of aliphatic hydroxyl groups is 1. The zero-order valence-corrected chi connectivity index (χ0v) is 11.3. The summed E-state index contributed by atoms with van der Waals surface area (Å²) in [5.41, 5.74) is 2.88. The molecule has 1 aliphatic rings. The fourth-order valence-electron chi connectivity index (χ4n) is 2.54. The number of hydrogen-bond acceptors (Lipinski definition) is 4. The first-order valence-electron chi connectivity index (χ1n) is 6.78. The summed E-state index contributed by atoms with van der Waals surface area (Å²) in [6, 6.07) is 5.99. The zero-order valence-electron chi connectivity index (χ0n) is 11.3. The van der Waals surface area contributed by atoms with Gasteiger partial charge in [-0.3, -0.25) is 4.79 Å². The second-order valence-electron chi connectivity index (χ2n) is 4.96. The fourth-order valence-corrected chi connectivity index (χ4v) is 2.54. The number of ether oxygens (including phenoxy) is 1. The molecule has 4 nitrogen and oxygen atoms in total. The van der Waals surface area contributed by atoms with E-state index in [0.29, 0.717) is 6.61 Å². The lowest BCUT2D eigenvalue weighted by atomic mass is 10.0. The second-order valence-corrected chi connectivity index (χ2v) is 4.96. The standard InChI is InChI=1S/C15H21NO3/c1-12-2-3-15(13(10-12)11-18)16-6-4-14(5-7-16)19-9-8-17/h2-3,10-11,14,17H,4-9H2,1H3. The van der Waals surface area contributed by atoms with Crippen molar-refractivity contribution in [2.24, 2.45) is 0 Å². The quantitative estimate of drug-likeness (QED) is 0.823. The maximum atomic E-state index is 11.1. The molecule has 104 valence electrons. The zero-order chi connectivity index (χ0) is 13.7. The molecule has 0 radical (unpaired) electrons. The summed E-state index contributed by atoms with van der Waals surface area (Å²) in [6.45, 7) is 4.26. The van der Waals surface area contributed by atoms with Crippen LogP contribution in [0.5, 0.6) is 0 Å². The van der Waals surface area contributed by atoms with Gasteiger partial charge in [-0.2, -0.15) is 0 Å². The van der Waals surface area contributed by atoms with Gasteiger partial charge in [0.2, 0.25) is 0 Å². The van der Waals surface area contributed by atoms with Crippen LogP contribution in [-0.2, 0) is 4.74 Å². The molecule has 0 saturated carbocycles. The number of aliphatic hydroxyl groups excluding tert-OH is 1. The summed E-state index contributed by atoms with van der Waals surface area (Å²) in [7, 11) is 0. The Morgan fingerprint density at radius 1 is 1.42 bits per heavy atom. The monoisotopic (exact) mass is 263 g/mol. The lowest BCUT2D eigenvalue weighted by Gasteiger charge is -2.34. The van der Waals surface area contributed by atoms with Crippen molar-refractivity contribution in [1.82, 2.24) is 0 Å². The van der Waals surface area contributed by atoms with E-state index in [-0.39, 0.29) is 12.7 Å². The van der Waals surface area contributed by atoms with Gasteiger partial charge in [0.1, 0.15) is 0 Å². The van der Waals surface area contributed by atoms with Crippen LogP contribution in [0.3, 0.4) is 0 Å². The number of benzene rings is 1. The molecule has 1 heterocycles. The fraction of sp³-hybridized carbons (Fsp3) is 0.533. The van der Waals surface area contributed by atoms with Gasteiger partial charge in [0.25, 0.3) is 0 Å². The number of aldehydes is 1. The summed E-state index contributed by atoms with van der Waals surface area (Å²) in [5.74, 6) is 0. The molecule has 0 amide bonds. The number of carbonyl (C=O) groups excluding carboxylic acids is 1. The van der Waals surface area contributed by atoms with Gasteiger partial charge in [0.15, 0.2) is 6.29 Å². The van der Waals surface area contributed by atoms with Gasteiger partial charge in [0, 0.05) is 24.3 Å². The molecular formula is C15H21NO3. The molecule has 1 saturated heterocycles. The third-order valence-corrected chi connectivity index (χ3v) is 3.54. The highest BCUT2D eigenvalue weighted by Crippen LogP contribution is 2.25. The van der Waals surface area contributed by atoms with E-state index in [1.807, 2.05) is 25.1 Å². The normalized spacial score (nSPS) is 16.6. The third kappa shape index (κ3) is 3.55. The Kier molecular flexibility index (Phi) is 4.93. The average Bonchev–Trinajstić information content (AvgIpc) is 2.45. The van der Waals surface area contributed by atoms with Crippen molar-refractivity contribution >= 4 is 12.0 Å². The maximum absolute atomic E-state index is 11.1. The van der Waals surface area contributed by atoms with E-state index in [9.17, 15) is 4.79 Å². The van der Waals surface area contributed by atoms with E-state index in [1.165, 1.54) is 0 Å². The van der Waals surface area contributed by atoms with Crippen LogP contribution in [0.2, 0.25) is 0 Å². The molecule has 19 heavy (non-hydrogen) atoms. The Bertz CT molecular complexity index is 425. The van der Waals surface area contributed by atoms with Crippen LogP contribution >= 0.6 is 0 Å². The third-order valence-electron chi connectivity index (χ3n) is 3.54. The number of rotatable bonds is 5. The van der Waals surface area contributed by atoms with Crippen molar-refractivity contribution in [3.8, 4) is 0 Å². The SMILES string of the molecule is Cc1ccc(N2CCC(OCCO)CC2)c(C=O)c1. The van der Waals surface area contributed by atoms with Crippen LogP contribution in [0.25, 0.3) is 0 Å². The predicted octanol–water partition coefficient (Wildman–Crippen LogP) is 1.79. The van der Waals surface area contributed by atoms with Crippen LogP contribution in [0.15, 0.2) is 18.2 Å². The van der Waals surface area contributed by atoms with E-state index in [1.54, 1.807) is 0 Å². The largest absolute Gasteiger partial charge is 0.394 e. The molecule has 1 aliphatic heterocycles. The van der Waals surface area contributed by atoms with E-state index in [2.05, 4.69) is 4.90 Å². The number of piperidine rings is 1. The molecule has 0 aromatic heterocycles. The minimum Gasteiger partial charge on any atom is -0.394 e. The van der Waals surface area contributed by atoms with Crippen LogP contribution < -0.4 is 4.90 Å². The van der Waals surface area contributed by atoms with Crippen molar-refractivity contribution in [3.63, 3.8) is 0 Å². The minimum atomic E-state index is 0.0769. The molecule has 0 unspecified atom stereocenters. The average molecular weight is 263 g/mol. The van der Waals surface area contributed by atoms with E-state index in [4.69, 9.17) is 9.84 Å². The van der Waals surface area contributed by atoms with Gasteiger partial charge >= 0.3 is 0 Å². The molecule has 0 bridgehead atoms. The summed E-state index contributed by atoms with van der Waals surface area (Å²) < 4.78 is 5.55. The molecular weight excluding hydrogens is 242 g/mol. The van der Waals surface area contributed by atoms with Crippen molar-refractivity contribution in [1.29, 1.82) is 0 Å². The molecule has 1 fully saturated rings. The molecule has 1 aromatic rings. The van der Waals surface area contributed by atoms with Gasteiger partial charge in [-0.15, -0.1) is 0 Å². The minimum absolute atomic E-state index is 0.0769. The summed E-state index contributed by atoms with van der Waals surface area (Å²) in [6.07, 6.45) is 3.03. The Morgan fingerprint density at radius 2 is 2.16 bits per heavy atom. The van der Waals surface area contributed by atoms with E-state index >= 15 is 0 Å². The van der Waals surface area contributed by atoms with Gasteiger partial charge in [-0.25, -0.2) is 0 Å². The van der Waals surface area contributed by atoms with Crippen LogP contribution in [0.1, 0.15) is 28.8 Å². The molecule has 0 spiro atoms. The Morgan fingerprint density at radius 3 is 2.79 bits per heavy atom. The van der Waals surface area contributed by atoms with Crippen molar-refractivity contribution in [3.05, 3.63) is 29.3 Å². The highest BCUT2D eigenvalue weighted by molar-refractivity contribution is 5.85. The molecule has 2 rings (SSSR count). The number of carbonyl (C=O) groups is 1. The lowest BCUT2D eigenvalue weighted by Crippen LogP contribution is -2.37. The maximum Gasteiger partial charge on any atom is 0.152 e. The van der Waals surface area contributed by atoms with Crippen molar-refractivity contribution in [2.75, 3.05) is 31.2 Å². The first-order chi connectivity index (χ1) is 9.24. The van der Waals surface area contributed by atoms with Crippen LogP contribution in [-0.4, -0.2) is 43.8 Å². The first-order valence-corrected chi connectivity index (χ1v) is 6.78. The Hall–Kier alpha value is -1.39. The Labute approximate surface area is 114 Å². The second kappa shape index (κ2) is 6.68. The summed E-state index contributed by atoms with van der Waals surface area (Å²) in [4.78, 5) is 13.4. The molecule has 0 aliphatic carbocycles. The van der Waals surface area contributed by atoms with Gasteiger partial charge in [0.05, 0.1) is 19.3 Å². The summed E-state index contributed by atoms with van der Waals surface area (Å²) in [5, 5.41) is 8.75. The van der Waals surface area contributed by atoms with E-state index < -0.39 is 0 Å². The molecule has 1 N–H and O–H groups in total. The Balaban J connectivity index is 1.99. The van der Waals surface area contributed by atoms with Crippen molar-refractivity contribution < 1.29 is 14.6 Å². The van der Waals surface area contributed by atoms with Gasteiger partial charge in [-0.05, 0) is 31.9 Å². The number of anilines is 1. The van der Waals surface area contributed by atoms with Crippen LogP contribution in [0, 0.1) is 6.92 Å². The smallest absolute Gasteiger partial charge is 0.152 e. The molecule has 0 atom stereocenters. The number of hydrogen-bond donors (Lipinski definition) is 1. The lowest BCUT2D eigenvalue weighted by molar-refractivity contribution is 0.0159. The predicted molar refractivity (Wildman–Crippen MR) is 74.8 cm³/mol. The van der Waals surface area contributed by atoms with Gasteiger partial charge in [-0.1, -0.05) is 11.6 Å². The van der Waals surface area contributed by atoms with Crippen LogP contribution in [0.4, 0.5) is 5.69 Å². The topological polar surface area (TPSA) is 49.8 Å². The van der Waals surface area contributed by atoms with Crippen molar-refractivity contribution in [2.45, 2.75) is 25.9 Å². The molecule has 4 heteroatoms.